The monoisotopic (exact) mass is 370 g/mol. The Kier molecular flexibility index (Phi) is 5.57. The van der Waals surface area contributed by atoms with Gasteiger partial charge in [-0.1, -0.05) is 0 Å². The van der Waals surface area contributed by atoms with Crippen LogP contribution in [0.1, 0.15) is 32.4 Å². The van der Waals surface area contributed by atoms with Crippen molar-refractivity contribution in [1.82, 2.24) is 20.6 Å². The largest absolute Gasteiger partial charge is 0.394 e. The van der Waals surface area contributed by atoms with Crippen molar-refractivity contribution in [1.29, 1.82) is 0 Å². The van der Waals surface area contributed by atoms with Gasteiger partial charge in [0.15, 0.2) is 5.82 Å². The lowest BCUT2D eigenvalue weighted by molar-refractivity contribution is 0.187. The highest BCUT2D eigenvalue weighted by Crippen LogP contribution is 2.21. The van der Waals surface area contributed by atoms with Gasteiger partial charge in [-0.05, 0) is 51.0 Å². The fraction of sp³-hybridized carbons (Fsp3) is 0.421. The average Bonchev–Trinajstić information content (AvgIpc) is 3.44. The summed E-state index contributed by atoms with van der Waals surface area (Å²) in [4.78, 5) is 20.6. The molecule has 6 N–H and O–H groups in total. The Labute approximate surface area is 158 Å². The molecule has 0 bridgehead atoms. The first-order valence-corrected chi connectivity index (χ1v) is 9.02. The molecular formula is C19H26N6O2. The molecule has 1 aromatic carbocycles. The summed E-state index contributed by atoms with van der Waals surface area (Å²) >= 11 is 0. The topological polar surface area (TPSA) is 125 Å². The molecule has 0 saturated heterocycles. The van der Waals surface area contributed by atoms with Crippen molar-refractivity contribution in [2.75, 3.05) is 17.7 Å². The maximum atomic E-state index is 11.8. The van der Waals surface area contributed by atoms with Crippen LogP contribution in [0.4, 0.5) is 16.3 Å². The van der Waals surface area contributed by atoms with E-state index in [0.29, 0.717) is 29.9 Å². The number of aromatic nitrogens is 2. The SMILES string of the molecule is CC(C)(CO)NCc1cc(N)nc(-c2ccc(NC(=O)NC3CC3)cc2)n1. The second kappa shape index (κ2) is 7.89. The molecule has 0 unspecified atom stereocenters. The van der Waals surface area contributed by atoms with Crippen LogP contribution < -0.4 is 21.7 Å². The molecule has 1 aromatic heterocycles. The number of carbonyl (C=O) groups excluding carboxylic acids is 1. The Hall–Kier alpha value is -2.71. The first-order chi connectivity index (χ1) is 12.8. The molecule has 0 radical (unpaired) electrons. The predicted octanol–water partition coefficient (Wildman–Crippen LogP) is 1.87. The molecule has 0 spiro atoms. The molecule has 3 rings (SSSR count). The van der Waals surface area contributed by atoms with E-state index in [4.69, 9.17) is 5.73 Å². The van der Waals surface area contributed by atoms with Gasteiger partial charge in [-0.3, -0.25) is 0 Å². The number of nitrogens with two attached hydrogens (primary N) is 1. The van der Waals surface area contributed by atoms with Gasteiger partial charge in [-0.2, -0.15) is 0 Å². The van der Waals surface area contributed by atoms with Gasteiger partial charge in [0, 0.05) is 35.4 Å². The molecule has 8 heteroatoms. The zero-order valence-corrected chi connectivity index (χ0v) is 15.6. The molecule has 1 fully saturated rings. The van der Waals surface area contributed by atoms with Gasteiger partial charge in [0.25, 0.3) is 0 Å². The molecular weight excluding hydrogens is 344 g/mol. The van der Waals surface area contributed by atoms with E-state index in [2.05, 4.69) is 25.9 Å². The van der Waals surface area contributed by atoms with E-state index in [1.54, 1.807) is 18.2 Å². The zero-order valence-electron chi connectivity index (χ0n) is 15.6. The molecule has 8 nitrogen and oxygen atoms in total. The van der Waals surface area contributed by atoms with Crippen LogP contribution in [-0.2, 0) is 6.54 Å². The molecule has 144 valence electrons. The van der Waals surface area contributed by atoms with E-state index in [0.717, 1.165) is 24.1 Å². The second-order valence-corrected chi connectivity index (χ2v) is 7.45. The van der Waals surface area contributed by atoms with Crippen LogP contribution in [0.25, 0.3) is 11.4 Å². The third-order valence-electron chi connectivity index (χ3n) is 4.26. The summed E-state index contributed by atoms with van der Waals surface area (Å²) in [6, 6.07) is 9.13. The Morgan fingerprint density at radius 1 is 1.26 bits per heavy atom. The number of hydrogen-bond donors (Lipinski definition) is 5. The molecule has 1 aliphatic carbocycles. The van der Waals surface area contributed by atoms with E-state index in [1.165, 1.54) is 0 Å². The highest BCUT2D eigenvalue weighted by Gasteiger charge is 2.23. The highest BCUT2D eigenvalue weighted by molar-refractivity contribution is 5.89. The van der Waals surface area contributed by atoms with Crippen molar-refractivity contribution < 1.29 is 9.90 Å². The number of aliphatic hydroxyl groups is 1. The standard InChI is InChI=1S/C19H26N6O2/c1-19(2,11-26)21-10-15-9-16(20)25-17(22-15)12-3-5-13(6-4-12)23-18(27)24-14-7-8-14/h3-6,9,14,21,26H,7-8,10-11H2,1-2H3,(H2,20,22,25)(H2,23,24,27). The van der Waals surface area contributed by atoms with Crippen molar-refractivity contribution in [2.45, 2.75) is 44.8 Å². The van der Waals surface area contributed by atoms with Crippen molar-refractivity contribution >= 4 is 17.5 Å². The van der Waals surface area contributed by atoms with Crippen molar-refractivity contribution in [2.24, 2.45) is 0 Å². The minimum absolute atomic E-state index is 0.0171. The van der Waals surface area contributed by atoms with Crippen molar-refractivity contribution in [3.05, 3.63) is 36.0 Å². The predicted molar refractivity (Wildman–Crippen MR) is 105 cm³/mol. The highest BCUT2D eigenvalue weighted by atomic mass is 16.3. The maximum absolute atomic E-state index is 11.8. The minimum atomic E-state index is -0.408. The summed E-state index contributed by atoms with van der Waals surface area (Å²) in [5, 5.41) is 18.3. The summed E-state index contributed by atoms with van der Waals surface area (Å²) in [5.74, 6) is 0.896. The van der Waals surface area contributed by atoms with Gasteiger partial charge in [0.1, 0.15) is 5.82 Å². The molecule has 27 heavy (non-hydrogen) atoms. The quantitative estimate of drug-likeness (QED) is 0.507. The zero-order chi connectivity index (χ0) is 19.4. The third kappa shape index (κ3) is 5.63. The third-order valence-corrected chi connectivity index (χ3v) is 4.26. The average molecular weight is 370 g/mol. The fourth-order valence-corrected chi connectivity index (χ4v) is 2.41. The van der Waals surface area contributed by atoms with Crippen LogP contribution in [0.3, 0.4) is 0 Å². The van der Waals surface area contributed by atoms with Gasteiger partial charge in [-0.25, -0.2) is 14.8 Å². The molecule has 2 amide bonds. The van der Waals surface area contributed by atoms with Crippen LogP contribution in [0.15, 0.2) is 30.3 Å². The number of urea groups is 1. The van der Waals surface area contributed by atoms with Gasteiger partial charge in [-0.15, -0.1) is 0 Å². The number of nitrogens with one attached hydrogen (secondary N) is 3. The molecule has 1 aliphatic rings. The number of nitrogens with zero attached hydrogens (tertiary/aromatic N) is 2. The number of rotatable bonds is 7. The fourth-order valence-electron chi connectivity index (χ4n) is 2.41. The van der Waals surface area contributed by atoms with Crippen LogP contribution in [0.2, 0.25) is 0 Å². The van der Waals surface area contributed by atoms with Gasteiger partial charge in [0.05, 0.1) is 12.3 Å². The van der Waals surface area contributed by atoms with Crippen LogP contribution in [0.5, 0.6) is 0 Å². The number of nitrogen functional groups attached to an aromatic ring is 1. The normalized spacial score (nSPS) is 14.0. The smallest absolute Gasteiger partial charge is 0.319 e. The Balaban J connectivity index is 1.68. The molecule has 2 aromatic rings. The lowest BCUT2D eigenvalue weighted by Crippen LogP contribution is -2.42. The Morgan fingerprint density at radius 2 is 1.96 bits per heavy atom. The molecule has 0 atom stereocenters. The lowest BCUT2D eigenvalue weighted by Gasteiger charge is -2.23. The van der Waals surface area contributed by atoms with Crippen LogP contribution in [-0.4, -0.2) is 39.3 Å². The Bertz CT molecular complexity index is 802. The molecule has 1 heterocycles. The van der Waals surface area contributed by atoms with Crippen molar-refractivity contribution in [3.63, 3.8) is 0 Å². The number of anilines is 2. The van der Waals surface area contributed by atoms with Crippen molar-refractivity contribution in [3.8, 4) is 11.4 Å². The van der Waals surface area contributed by atoms with Gasteiger partial charge in [0.2, 0.25) is 0 Å². The Morgan fingerprint density at radius 3 is 2.59 bits per heavy atom. The van der Waals surface area contributed by atoms with E-state index in [1.807, 2.05) is 26.0 Å². The first-order valence-electron chi connectivity index (χ1n) is 9.02. The van der Waals surface area contributed by atoms with E-state index in [-0.39, 0.29) is 12.6 Å². The number of amides is 2. The molecule has 0 aliphatic heterocycles. The van der Waals surface area contributed by atoms with Crippen LogP contribution in [0, 0.1) is 0 Å². The summed E-state index contributed by atoms with van der Waals surface area (Å²) < 4.78 is 0. The van der Waals surface area contributed by atoms with Crippen LogP contribution >= 0.6 is 0 Å². The van der Waals surface area contributed by atoms with Gasteiger partial charge < -0.3 is 26.8 Å². The summed E-state index contributed by atoms with van der Waals surface area (Å²) in [6.45, 7) is 4.30. The van der Waals surface area contributed by atoms with E-state index < -0.39 is 5.54 Å². The van der Waals surface area contributed by atoms with Gasteiger partial charge >= 0.3 is 6.03 Å². The number of aliphatic hydroxyl groups excluding tert-OH is 1. The lowest BCUT2D eigenvalue weighted by atomic mass is 10.1. The second-order valence-electron chi connectivity index (χ2n) is 7.45. The number of benzene rings is 1. The molecule has 1 saturated carbocycles. The number of carbonyl (C=O) groups is 1. The first kappa shape index (κ1) is 19.1. The maximum Gasteiger partial charge on any atom is 0.319 e. The van der Waals surface area contributed by atoms with E-state index in [9.17, 15) is 9.90 Å². The summed E-state index contributed by atoms with van der Waals surface area (Å²) in [6.07, 6.45) is 2.09. The summed E-state index contributed by atoms with van der Waals surface area (Å²) in [5.41, 5.74) is 7.76. The van der Waals surface area contributed by atoms with E-state index >= 15 is 0 Å². The minimum Gasteiger partial charge on any atom is -0.394 e. The number of hydrogen-bond acceptors (Lipinski definition) is 6. The summed E-state index contributed by atoms with van der Waals surface area (Å²) in [7, 11) is 0.